The zero-order valence-electron chi connectivity index (χ0n) is 21.5. The second kappa shape index (κ2) is 11.7. The van der Waals surface area contributed by atoms with E-state index < -0.39 is 12.0 Å². The Morgan fingerprint density at radius 1 is 1.11 bits per heavy atom. The molecule has 3 N–H and O–H groups in total. The molecule has 1 aliphatic rings. The molecule has 1 aromatic heterocycles. The SMILES string of the molecule is Cc1cc(OCCCc2ccc3c(c2)C(=O)N(C(C)CC(=O)O)CC(=O)N3Cc2ccccc2)nc(N)n1. The second-order valence-electron chi connectivity index (χ2n) is 9.35. The van der Waals surface area contributed by atoms with Crippen LogP contribution < -0.4 is 15.4 Å². The van der Waals surface area contributed by atoms with Gasteiger partial charge in [0.25, 0.3) is 5.91 Å². The molecule has 38 heavy (non-hydrogen) atoms. The lowest BCUT2D eigenvalue weighted by atomic mass is 10.0. The van der Waals surface area contributed by atoms with Crippen molar-refractivity contribution in [2.24, 2.45) is 0 Å². The zero-order chi connectivity index (χ0) is 27.2. The predicted molar refractivity (Wildman–Crippen MR) is 142 cm³/mol. The molecule has 0 saturated carbocycles. The summed E-state index contributed by atoms with van der Waals surface area (Å²) in [7, 11) is 0. The number of anilines is 2. The van der Waals surface area contributed by atoms with Crippen molar-refractivity contribution in [1.29, 1.82) is 0 Å². The van der Waals surface area contributed by atoms with E-state index in [2.05, 4.69) is 9.97 Å². The highest BCUT2D eigenvalue weighted by molar-refractivity contribution is 6.09. The largest absolute Gasteiger partial charge is 0.481 e. The first-order valence-electron chi connectivity index (χ1n) is 12.4. The minimum atomic E-state index is -1.03. The molecule has 0 bridgehead atoms. The van der Waals surface area contributed by atoms with Crippen molar-refractivity contribution in [3.63, 3.8) is 0 Å². The Bertz CT molecular complexity index is 1310. The van der Waals surface area contributed by atoms with Crippen molar-refractivity contribution in [2.75, 3.05) is 23.8 Å². The van der Waals surface area contributed by atoms with E-state index in [-0.39, 0.29) is 30.7 Å². The van der Waals surface area contributed by atoms with Crippen molar-refractivity contribution in [1.82, 2.24) is 14.9 Å². The van der Waals surface area contributed by atoms with Crippen molar-refractivity contribution in [3.05, 3.63) is 77.0 Å². The Labute approximate surface area is 221 Å². The van der Waals surface area contributed by atoms with Crippen molar-refractivity contribution >= 4 is 29.4 Å². The van der Waals surface area contributed by atoms with Crippen LogP contribution in [0.4, 0.5) is 11.6 Å². The molecular weight excluding hydrogens is 486 g/mol. The number of carboxylic acid groups (broad SMARTS) is 1. The van der Waals surface area contributed by atoms with E-state index in [4.69, 9.17) is 10.5 Å². The minimum absolute atomic E-state index is 0.153. The van der Waals surface area contributed by atoms with Gasteiger partial charge in [0, 0.05) is 17.8 Å². The molecule has 0 radical (unpaired) electrons. The number of aromatic nitrogens is 2. The molecule has 10 nitrogen and oxygen atoms in total. The van der Waals surface area contributed by atoms with Gasteiger partial charge < -0.3 is 25.4 Å². The molecule has 1 atom stereocenters. The third-order valence-corrected chi connectivity index (χ3v) is 6.34. The van der Waals surface area contributed by atoms with Gasteiger partial charge in [-0.2, -0.15) is 4.98 Å². The Morgan fingerprint density at radius 2 is 1.87 bits per heavy atom. The quantitative estimate of drug-likeness (QED) is 0.391. The third kappa shape index (κ3) is 6.44. The number of hydrogen-bond donors (Lipinski definition) is 2. The zero-order valence-corrected chi connectivity index (χ0v) is 21.5. The van der Waals surface area contributed by atoms with E-state index in [1.165, 1.54) is 4.90 Å². The molecule has 3 aromatic rings. The molecule has 4 rings (SSSR count). The smallest absolute Gasteiger partial charge is 0.305 e. The average molecular weight is 518 g/mol. The molecule has 0 saturated heterocycles. The van der Waals surface area contributed by atoms with E-state index >= 15 is 0 Å². The predicted octanol–water partition coefficient (Wildman–Crippen LogP) is 3.23. The Kier molecular flexibility index (Phi) is 8.20. The number of carbonyl (C=O) groups excluding carboxylic acids is 2. The summed E-state index contributed by atoms with van der Waals surface area (Å²) in [6, 6.07) is 16.1. The molecule has 2 amide bonds. The van der Waals surface area contributed by atoms with Crippen LogP contribution in [0, 0.1) is 6.92 Å². The number of nitrogen functional groups attached to an aromatic ring is 1. The molecule has 0 aliphatic carbocycles. The van der Waals surface area contributed by atoms with Gasteiger partial charge in [0.05, 0.1) is 30.8 Å². The normalized spacial score (nSPS) is 14.2. The first-order valence-corrected chi connectivity index (χ1v) is 12.4. The molecule has 10 heteroatoms. The summed E-state index contributed by atoms with van der Waals surface area (Å²) in [6.07, 6.45) is 1.02. The lowest BCUT2D eigenvalue weighted by molar-refractivity contribution is -0.138. The van der Waals surface area contributed by atoms with Gasteiger partial charge in [-0.3, -0.25) is 14.4 Å². The van der Waals surface area contributed by atoms with Crippen LogP contribution in [0.2, 0.25) is 0 Å². The highest BCUT2D eigenvalue weighted by Gasteiger charge is 2.34. The second-order valence-corrected chi connectivity index (χ2v) is 9.35. The number of amides is 2. The van der Waals surface area contributed by atoms with Crippen LogP contribution in [0.25, 0.3) is 0 Å². The van der Waals surface area contributed by atoms with Gasteiger partial charge in [-0.15, -0.1) is 0 Å². The van der Waals surface area contributed by atoms with Crippen LogP contribution in [0.3, 0.4) is 0 Å². The number of carbonyl (C=O) groups is 3. The van der Waals surface area contributed by atoms with Crippen LogP contribution in [0.1, 0.15) is 46.9 Å². The number of nitrogens with two attached hydrogens (primary N) is 1. The fourth-order valence-electron chi connectivity index (χ4n) is 4.48. The van der Waals surface area contributed by atoms with Gasteiger partial charge in [0.1, 0.15) is 6.54 Å². The fourth-order valence-corrected chi connectivity index (χ4v) is 4.48. The summed E-state index contributed by atoms with van der Waals surface area (Å²) < 4.78 is 5.71. The van der Waals surface area contributed by atoms with Gasteiger partial charge in [0.2, 0.25) is 17.7 Å². The van der Waals surface area contributed by atoms with Gasteiger partial charge in [-0.05, 0) is 49.9 Å². The summed E-state index contributed by atoms with van der Waals surface area (Å²) in [5.41, 5.74) is 9.11. The molecule has 2 heterocycles. The number of carboxylic acids is 1. The number of benzene rings is 2. The van der Waals surface area contributed by atoms with Gasteiger partial charge in [-0.1, -0.05) is 36.4 Å². The van der Waals surface area contributed by atoms with E-state index in [0.29, 0.717) is 48.8 Å². The number of aryl methyl sites for hydroxylation is 2. The maximum atomic E-state index is 13.6. The van der Waals surface area contributed by atoms with E-state index in [1.54, 1.807) is 30.0 Å². The number of hydrogen-bond acceptors (Lipinski definition) is 7. The number of rotatable bonds is 10. The third-order valence-electron chi connectivity index (χ3n) is 6.34. The van der Waals surface area contributed by atoms with Crippen molar-refractivity contribution in [3.8, 4) is 5.88 Å². The topological polar surface area (TPSA) is 139 Å². The van der Waals surface area contributed by atoms with Crippen molar-refractivity contribution in [2.45, 2.75) is 45.7 Å². The lowest BCUT2D eigenvalue weighted by Gasteiger charge is -2.26. The molecular formula is C28H31N5O5. The van der Waals surface area contributed by atoms with Crippen LogP contribution in [-0.4, -0.2) is 57.0 Å². The van der Waals surface area contributed by atoms with Crippen LogP contribution >= 0.6 is 0 Å². The number of nitrogens with zero attached hydrogens (tertiary/aromatic N) is 4. The van der Waals surface area contributed by atoms with E-state index in [1.807, 2.05) is 43.3 Å². The number of fused-ring (bicyclic) bond motifs is 1. The molecule has 2 aromatic carbocycles. The maximum absolute atomic E-state index is 13.6. The number of aliphatic carboxylic acids is 1. The Morgan fingerprint density at radius 3 is 2.58 bits per heavy atom. The lowest BCUT2D eigenvalue weighted by Crippen LogP contribution is -2.44. The van der Waals surface area contributed by atoms with Crippen LogP contribution in [-0.2, 0) is 22.6 Å². The molecule has 0 spiro atoms. The van der Waals surface area contributed by atoms with Crippen LogP contribution in [0.5, 0.6) is 5.88 Å². The Hall–Kier alpha value is -4.47. The molecule has 198 valence electrons. The highest BCUT2D eigenvalue weighted by Crippen LogP contribution is 2.30. The monoisotopic (exact) mass is 517 g/mol. The van der Waals surface area contributed by atoms with Gasteiger partial charge >= 0.3 is 5.97 Å². The molecule has 0 fully saturated rings. The highest BCUT2D eigenvalue weighted by atomic mass is 16.5. The van der Waals surface area contributed by atoms with Crippen LogP contribution in [0.15, 0.2) is 54.6 Å². The molecule has 1 unspecified atom stereocenters. The summed E-state index contributed by atoms with van der Waals surface area (Å²) in [5.74, 6) is -1.09. The Balaban J connectivity index is 1.56. The standard InChI is InChI=1S/C28H31N5O5/c1-18-13-24(31-28(29)30-18)38-12-6-9-20-10-11-23-22(15-20)27(37)32(19(2)14-26(35)36)17-25(34)33(23)16-21-7-4-3-5-8-21/h3-5,7-8,10-11,13,15,19H,6,9,12,14,16-17H2,1-2H3,(H,35,36)(H2,29,30,31). The number of ether oxygens (including phenoxy) is 1. The van der Waals surface area contributed by atoms with Gasteiger partial charge in [-0.25, -0.2) is 4.98 Å². The average Bonchev–Trinajstić information content (AvgIpc) is 2.96. The first kappa shape index (κ1) is 26.6. The first-order chi connectivity index (χ1) is 18.2. The summed E-state index contributed by atoms with van der Waals surface area (Å²) in [4.78, 5) is 49.4. The molecule has 1 aliphatic heterocycles. The summed E-state index contributed by atoms with van der Waals surface area (Å²) in [6.45, 7) is 3.95. The van der Waals surface area contributed by atoms with E-state index in [9.17, 15) is 19.5 Å². The van der Waals surface area contributed by atoms with E-state index in [0.717, 1.165) is 11.1 Å². The fraction of sp³-hybridized carbons (Fsp3) is 0.321. The van der Waals surface area contributed by atoms with Crippen molar-refractivity contribution < 1.29 is 24.2 Å². The van der Waals surface area contributed by atoms with Gasteiger partial charge in [0.15, 0.2) is 0 Å². The maximum Gasteiger partial charge on any atom is 0.305 e. The summed E-state index contributed by atoms with van der Waals surface area (Å²) in [5, 5.41) is 9.30. The minimum Gasteiger partial charge on any atom is -0.481 e. The summed E-state index contributed by atoms with van der Waals surface area (Å²) >= 11 is 0.